The molecule has 0 aliphatic carbocycles. The highest BCUT2D eigenvalue weighted by Crippen LogP contribution is 1.93. The fraction of sp³-hybridized carbons (Fsp3) is 0.857. The van der Waals surface area contributed by atoms with Crippen LogP contribution in [0.4, 0.5) is 0 Å². The van der Waals surface area contributed by atoms with Crippen LogP contribution in [0.15, 0.2) is 4.99 Å². The molecule has 0 radical (unpaired) electrons. The van der Waals surface area contributed by atoms with Crippen molar-refractivity contribution in [3.05, 3.63) is 0 Å². The van der Waals surface area contributed by atoms with Gasteiger partial charge in [-0.25, -0.2) is 0 Å². The lowest BCUT2D eigenvalue weighted by atomic mass is 10.5. The Morgan fingerprint density at radius 3 is 2.60 bits per heavy atom. The van der Waals surface area contributed by atoms with Crippen LogP contribution < -0.4 is 5.32 Å². The van der Waals surface area contributed by atoms with E-state index in [1.54, 1.807) is 0 Å². The van der Waals surface area contributed by atoms with E-state index in [1.165, 1.54) is 0 Å². The van der Waals surface area contributed by atoms with Gasteiger partial charge in [0.25, 0.3) is 0 Å². The number of nitrogens with one attached hydrogen (secondary N) is 1. The zero-order valence-corrected chi connectivity index (χ0v) is 6.72. The second-order valence-electron chi connectivity index (χ2n) is 2.30. The van der Waals surface area contributed by atoms with Crippen molar-refractivity contribution < 1.29 is 0 Å². The van der Waals surface area contributed by atoms with Gasteiger partial charge in [0.05, 0.1) is 6.54 Å². The quantitative estimate of drug-likeness (QED) is 0.598. The van der Waals surface area contributed by atoms with E-state index >= 15 is 0 Å². The van der Waals surface area contributed by atoms with Crippen molar-refractivity contribution >= 4 is 5.96 Å². The summed E-state index contributed by atoms with van der Waals surface area (Å²) in [6.45, 7) is 8.32. The number of hydrogen-bond donors (Lipinski definition) is 1. The Morgan fingerprint density at radius 2 is 2.20 bits per heavy atom. The van der Waals surface area contributed by atoms with Crippen LogP contribution in [0, 0.1) is 0 Å². The van der Waals surface area contributed by atoms with Gasteiger partial charge in [0.15, 0.2) is 5.96 Å². The molecule has 0 aromatic heterocycles. The maximum Gasteiger partial charge on any atom is 0.194 e. The Balaban J connectivity index is 2.44. The molecule has 0 aromatic rings. The third kappa shape index (κ3) is 1.40. The van der Waals surface area contributed by atoms with Crippen LogP contribution in [0.5, 0.6) is 0 Å². The number of rotatable bonds is 2. The van der Waals surface area contributed by atoms with Gasteiger partial charge < -0.3 is 10.2 Å². The Hall–Kier alpha value is -0.730. The molecule has 10 heavy (non-hydrogen) atoms. The van der Waals surface area contributed by atoms with E-state index in [0.717, 1.165) is 32.1 Å². The predicted octanol–water partition coefficient (Wildman–Crippen LogP) is 0.287. The van der Waals surface area contributed by atoms with Gasteiger partial charge >= 0.3 is 0 Å². The average molecular weight is 141 g/mol. The van der Waals surface area contributed by atoms with Crippen molar-refractivity contribution in [1.29, 1.82) is 0 Å². The van der Waals surface area contributed by atoms with Gasteiger partial charge in [-0.05, 0) is 13.8 Å². The third-order valence-electron chi connectivity index (χ3n) is 1.72. The van der Waals surface area contributed by atoms with Crippen LogP contribution in [0.2, 0.25) is 0 Å². The van der Waals surface area contributed by atoms with Crippen LogP contribution in [0.25, 0.3) is 0 Å². The topological polar surface area (TPSA) is 27.6 Å². The molecule has 1 aliphatic rings. The summed E-state index contributed by atoms with van der Waals surface area (Å²) < 4.78 is 0. The maximum absolute atomic E-state index is 4.31. The van der Waals surface area contributed by atoms with Crippen LogP contribution in [-0.4, -0.2) is 37.0 Å². The molecule has 0 saturated carbocycles. The normalized spacial score (nSPS) is 16.4. The molecule has 1 heterocycles. The van der Waals surface area contributed by atoms with Gasteiger partial charge in [-0.1, -0.05) is 0 Å². The Morgan fingerprint density at radius 1 is 1.50 bits per heavy atom. The summed E-state index contributed by atoms with van der Waals surface area (Å²) in [7, 11) is 0. The molecule has 0 bridgehead atoms. The summed E-state index contributed by atoms with van der Waals surface area (Å²) >= 11 is 0. The summed E-state index contributed by atoms with van der Waals surface area (Å²) in [5, 5.41) is 3.23. The van der Waals surface area contributed by atoms with E-state index in [9.17, 15) is 0 Å². The summed E-state index contributed by atoms with van der Waals surface area (Å²) in [5.74, 6) is 1.07. The highest BCUT2D eigenvalue weighted by molar-refractivity contribution is 5.81. The van der Waals surface area contributed by atoms with Crippen molar-refractivity contribution in [2.45, 2.75) is 13.8 Å². The van der Waals surface area contributed by atoms with Gasteiger partial charge in [-0.15, -0.1) is 0 Å². The van der Waals surface area contributed by atoms with Crippen molar-refractivity contribution in [2.75, 3.05) is 26.2 Å². The predicted molar refractivity (Wildman–Crippen MR) is 43.2 cm³/mol. The summed E-state index contributed by atoms with van der Waals surface area (Å²) in [6.07, 6.45) is 0. The highest BCUT2D eigenvalue weighted by Gasteiger charge is 2.09. The van der Waals surface area contributed by atoms with E-state index in [1.807, 2.05) is 0 Å². The first-order chi connectivity index (χ1) is 4.88. The fourth-order valence-corrected chi connectivity index (χ4v) is 1.12. The Kier molecular flexibility index (Phi) is 2.54. The average Bonchev–Trinajstić information content (AvgIpc) is 2.43. The molecule has 1 aliphatic heterocycles. The maximum atomic E-state index is 4.31. The molecule has 58 valence electrons. The minimum absolute atomic E-state index is 0.936. The molecule has 0 spiro atoms. The molecular formula is C7H15N3. The molecule has 0 aromatic carbocycles. The SMILES string of the molecule is CCN(CC)C1=NCCN1. The van der Waals surface area contributed by atoms with Crippen LogP contribution >= 0.6 is 0 Å². The smallest absolute Gasteiger partial charge is 0.194 e. The van der Waals surface area contributed by atoms with E-state index in [2.05, 4.69) is 29.1 Å². The number of aliphatic imine (C=N–C) groups is 1. The number of nitrogens with zero attached hydrogens (tertiary/aromatic N) is 2. The third-order valence-corrected chi connectivity index (χ3v) is 1.72. The van der Waals surface area contributed by atoms with E-state index in [-0.39, 0.29) is 0 Å². The minimum Gasteiger partial charge on any atom is -0.354 e. The molecule has 0 saturated heterocycles. The zero-order valence-electron chi connectivity index (χ0n) is 6.72. The lowest BCUT2D eigenvalue weighted by Gasteiger charge is -2.19. The standard InChI is InChI=1S/C7H15N3/c1-3-10(4-2)7-8-5-6-9-7/h3-6H2,1-2H3,(H,8,9). The number of guanidine groups is 1. The van der Waals surface area contributed by atoms with E-state index in [4.69, 9.17) is 0 Å². The molecule has 0 unspecified atom stereocenters. The van der Waals surface area contributed by atoms with Crippen LogP contribution in [-0.2, 0) is 0 Å². The molecule has 1 rings (SSSR count). The van der Waals surface area contributed by atoms with Crippen LogP contribution in [0.3, 0.4) is 0 Å². The summed E-state index contributed by atoms with van der Waals surface area (Å²) in [4.78, 5) is 6.54. The lowest BCUT2D eigenvalue weighted by molar-refractivity contribution is 0.453. The van der Waals surface area contributed by atoms with Crippen molar-refractivity contribution in [1.82, 2.24) is 10.2 Å². The Bertz CT molecular complexity index is 127. The molecular weight excluding hydrogens is 126 g/mol. The second kappa shape index (κ2) is 3.44. The van der Waals surface area contributed by atoms with Gasteiger partial charge in [0.1, 0.15) is 0 Å². The molecule has 0 atom stereocenters. The largest absolute Gasteiger partial charge is 0.354 e. The summed E-state index contributed by atoms with van der Waals surface area (Å²) in [6, 6.07) is 0. The monoisotopic (exact) mass is 141 g/mol. The molecule has 3 nitrogen and oxygen atoms in total. The lowest BCUT2D eigenvalue weighted by Crippen LogP contribution is -2.38. The van der Waals surface area contributed by atoms with Gasteiger partial charge in [0, 0.05) is 19.6 Å². The first kappa shape index (κ1) is 7.38. The van der Waals surface area contributed by atoms with Crippen molar-refractivity contribution in [3.8, 4) is 0 Å². The van der Waals surface area contributed by atoms with Gasteiger partial charge in [0.2, 0.25) is 0 Å². The van der Waals surface area contributed by atoms with Crippen molar-refractivity contribution in [2.24, 2.45) is 4.99 Å². The molecule has 3 heteroatoms. The fourth-order valence-electron chi connectivity index (χ4n) is 1.12. The first-order valence-corrected chi connectivity index (χ1v) is 3.91. The minimum atomic E-state index is 0.936. The van der Waals surface area contributed by atoms with Crippen molar-refractivity contribution in [3.63, 3.8) is 0 Å². The van der Waals surface area contributed by atoms with E-state index in [0.29, 0.717) is 0 Å². The summed E-state index contributed by atoms with van der Waals surface area (Å²) in [5.41, 5.74) is 0. The first-order valence-electron chi connectivity index (χ1n) is 3.91. The molecule has 0 fully saturated rings. The van der Waals surface area contributed by atoms with Gasteiger partial charge in [-0.2, -0.15) is 0 Å². The molecule has 1 N–H and O–H groups in total. The number of hydrogen-bond acceptors (Lipinski definition) is 3. The molecule has 0 amide bonds. The Labute approximate surface area is 62.1 Å². The second-order valence-corrected chi connectivity index (χ2v) is 2.30. The van der Waals surface area contributed by atoms with Gasteiger partial charge in [-0.3, -0.25) is 4.99 Å². The van der Waals surface area contributed by atoms with E-state index < -0.39 is 0 Å². The highest BCUT2D eigenvalue weighted by atomic mass is 15.3. The zero-order chi connectivity index (χ0) is 7.40. The van der Waals surface area contributed by atoms with Crippen LogP contribution in [0.1, 0.15) is 13.8 Å².